The zero-order valence-corrected chi connectivity index (χ0v) is 15.7. The number of nitro benzene ring substituents is 1. The van der Waals surface area contributed by atoms with Crippen molar-refractivity contribution in [1.29, 1.82) is 0 Å². The summed E-state index contributed by atoms with van der Waals surface area (Å²) in [4.78, 5) is 24.0. The molecular formula is C18H19N5O3S. The van der Waals surface area contributed by atoms with E-state index in [2.05, 4.69) is 19.8 Å². The molecule has 0 N–H and O–H groups in total. The van der Waals surface area contributed by atoms with E-state index < -0.39 is 0 Å². The largest absolute Gasteiger partial charge is 0.380 e. The molecular weight excluding hydrogens is 366 g/mol. The summed E-state index contributed by atoms with van der Waals surface area (Å²) in [5.74, 6) is 0.982. The number of non-ortho nitro benzene ring substituents is 1. The summed E-state index contributed by atoms with van der Waals surface area (Å²) < 4.78 is 6.36. The van der Waals surface area contributed by atoms with Crippen molar-refractivity contribution in [3.8, 4) is 0 Å². The monoisotopic (exact) mass is 385 g/mol. The van der Waals surface area contributed by atoms with Crippen molar-refractivity contribution in [1.82, 2.24) is 9.97 Å². The van der Waals surface area contributed by atoms with Gasteiger partial charge in [-0.1, -0.05) is 0 Å². The molecule has 1 fully saturated rings. The van der Waals surface area contributed by atoms with Gasteiger partial charge in [0.05, 0.1) is 21.7 Å². The van der Waals surface area contributed by atoms with Crippen molar-refractivity contribution in [2.75, 3.05) is 43.1 Å². The van der Waals surface area contributed by atoms with Gasteiger partial charge < -0.3 is 14.5 Å². The summed E-state index contributed by atoms with van der Waals surface area (Å²) in [7, 11) is 1.60. The standard InChI is InChI=1S/C18H19N5O3S/c1-26-11-13-10-14(23(24)25)2-3-16(13)21-5-7-22(8-6-21)18-17-15(4-9-27-17)19-12-20-18/h2-4,9-10,12H,5-8,11H2,1H3. The molecule has 1 aliphatic heterocycles. The summed E-state index contributed by atoms with van der Waals surface area (Å²) in [6.07, 6.45) is 1.61. The average molecular weight is 385 g/mol. The van der Waals surface area contributed by atoms with E-state index in [1.807, 2.05) is 17.5 Å². The average Bonchev–Trinajstić information content (AvgIpc) is 3.17. The molecule has 1 aromatic carbocycles. The van der Waals surface area contributed by atoms with Gasteiger partial charge in [0.15, 0.2) is 0 Å². The Bertz CT molecular complexity index is 969. The van der Waals surface area contributed by atoms with Gasteiger partial charge in [-0.15, -0.1) is 11.3 Å². The topological polar surface area (TPSA) is 84.6 Å². The van der Waals surface area contributed by atoms with Crippen molar-refractivity contribution >= 4 is 38.7 Å². The normalized spacial score (nSPS) is 14.7. The van der Waals surface area contributed by atoms with E-state index in [-0.39, 0.29) is 10.6 Å². The number of fused-ring (bicyclic) bond motifs is 1. The Morgan fingerprint density at radius 3 is 2.70 bits per heavy atom. The van der Waals surface area contributed by atoms with Gasteiger partial charge in [0, 0.05) is 56.7 Å². The molecule has 1 saturated heterocycles. The fourth-order valence-corrected chi connectivity index (χ4v) is 4.29. The molecule has 8 nitrogen and oxygen atoms in total. The predicted octanol–water partition coefficient (Wildman–Crippen LogP) is 3.07. The third kappa shape index (κ3) is 3.43. The lowest BCUT2D eigenvalue weighted by Crippen LogP contribution is -2.47. The summed E-state index contributed by atoms with van der Waals surface area (Å²) in [6.45, 7) is 3.62. The van der Waals surface area contributed by atoms with Crippen LogP contribution in [0.3, 0.4) is 0 Å². The smallest absolute Gasteiger partial charge is 0.269 e. The highest BCUT2D eigenvalue weighted by Crippen LogP contribution is 2.31. The summed E-state index contributed by atoms with van der Waals surface area (Å²) >= 11 is 1.66. The van der Waals surface area contributed by atoms with E-state index in [0.29, 0.717) is 6.61 Å². The van der Waals surface area contributed by atoms with Crippen LogP contribution in [0.1, 0.15) is 5.56 Å². The van der Waals surface area contributed by atoms with Gasteiger partial charge >= 0.3 is 0 Å². The van der Waals surface area contributed by atoms with Gasteiger partial charge in [-0.05, 0) is 17.5 Å². The Balaban J connectivity index is 1.54. The lowest BCUT2D eigenvalue weighted by atomic mass is 10.1. The van der Waals surface area contributed by atoms with Gasteiger partial charge in [-0.2, -0.15) is 0 Å². The first-order valence-electron chi connectivity index (χ1n) is 8.61. The zero-order chi connectivity index (χ0) is 18.8. The fraction of sp³-hybridized carbons (Fsp3) is 0.333. The van der Waals surface area contributed by atoms with Crippen molar-refractivity contribution in [3.63, 3.8) is 0 Å². The number of methoxy groups -OCH3 is 1. The van der Waals surface area contributed by atoms with Crippen LogP contribution in [-0.2, 0) is 11.3 Å². The van der Waals surface area contributed by atoms with Crippen LogP contribution in [0, 0.1) is 10.1 Å². The molecule has 1 aliphatic rings. The summed E-state index contributed by atoms with van der Waals surface area (Å²) in [5.41, 5.74) is 2.89. The number of thiophene rings is 1. The molecule has 140 valence electrons. The van der Waals surface area contributed by atoms with E-state index in [0.717, 1.165) is 53.5 Å². The second kappa shape index (κ2) is 7.45. The van der Waals surface area contributed by atoms with Crippen LogP contribution in [0.5, 0.6) is 0 Å². The minimum Gasteiger partial charge on any atom is -0.380 e. The highest BCUT2D eigenvalue weighted by molar-refractivity contribution is 7.17. The number of rotatable bonds is 5. The predicted molar refractivity (Wildman–Crippen MR) is 106 cm³/mol. The maximum atomic E-state index is 11.1. The first-order chi connectivity index (χ1) is 13.2. The number of hydrogen-bond acceptors (Lipinski definition) is 8. The van der Waals surface area contributed by atoms with Crippen LogP contribution >= 0.6 is 11.3 Å². The van der Waals surface area contributed by atoms with Crippen LogP contribution in [0.4, 0.5) is 17.2 Å². The highest BCUT2D eigenvalue weighted by Gasteiger charge is 2.23. The van der Waals surface area contributed by atoms with Crippen LogP contribution in [-0.4, -0.2) is 48.2 Å². The van der Waals surface area contributed by atoms with Gasteiger partial charge in [-0.3, -0.25) is 10.1 Å². The second-order valence-electron chi connectivity index (χ2n) is 6.31. The Morgan fingerprint density at radius 1 is 1.19 bits per heavy atom. The van der Waals surface area contributed by atoms with Crippen molar-refractivity contribution in [3.05, 3.63) is 51.7 Å². The number of piperazine rings is 1. The molecule has 0 spiro atoms. The molecule has 0 unspecified atom stereocenters. The molecule has 3 heterocycles. The van der Waals surface area contributed by atoms with Crippen LogP contribution < -0.4 is 9.80 Å². The number of benzene rings is 1. The maximum absolute atomic E-state index is 11.1. The van der Waals surface area contributed by atoms with Crippen molar-refractivity contribution in [2.24, 2.45) is 0 Å². The first kappa shape index (κ1) is 17.6. The SMILES string of the molecule is COCc1cc([N+](=O)[O-])ccc1N1CCN(c2ncnc3ccsc23)CC1. The first-order valence-corrected chi connectivity index (χ1v) is 9.49. The highest BCUT2D eigenvalue weighted by atomic mass is 32.1. The van der Waals surface area contributed by atoms with E-state index in [9.17, 15) is 10.1 Å². The van der Waals surface area contributed by atoms with E-state index in [1.54, 1.807) is 36.9 Å². The number of nitro groups is 1. The Hall–Kier alpha value is -2.78. The molecule has 0 radical (unpaired) electrons. The van der Waals surface area contributed by atoms with Gasteiger partial charge in [0.2, 0.25) is 0 Å². The number of nitrogens with zero attached hydrogens (tertiary/aromatic N) is 5. The lowest BCUT2D eigenvalue weighted by molar-refractivity contribution is -0.384. The van der Waals surface area contributed by atoms with Gasteiger partial charge in [0.1, 0.15) is 12.1 Å². The molecule has 27 heavy (non-hydrogen) atoms. The quantitative estimate of drug-likeness (QED) is 0.493. The van der Waals surface area contributed by atoms with Crippen molar-refractivity contribution < 1.29 is 9.66 Å². The molecule has 3 aromatic rings. The van der Waals surface area contributed by atoms with Gasteiger partial charge in [0.25, 0.3) is 5.69 Å². The van der Waals surface area contributed by atoms with Crippen molar-refractivity contribution in [2.45, 2.75) is 6.61 Å². The number of anilines is 2. The molecule has 0 aliphatic carbocycles. The van der Waals surface area contributed by atoms with Gasteiger partial charge in [-0.25, -0.2) is 9.97 Å². The van der Waals surface area contributed by atoms with Crippen LogP contribution in [0.25, 0.3) is 10.2 Å². The summed E-state index contributed by atoms with van der Waals surface area (Å²) in [5, 5.41) is 13.1. The van der Waals surface area contributed by atoms with Crippen LogP contribution in [0.2, 0.25) is 0 Å². The minimum atomic E-state index is -0.373. The van der Waals surface area contributed by atoms with E-state index in [1.165, 1.54) is 0 Å². The molecule has 0 saturated carbocycles. The molecule has 0 amide bonds. The third-order valence-corrected chi connectivity index (χ3v) is 5.62. The molecule has 0 atom stereocenters. The lowest BCUT2D eigenvalue weighted by Gasteiger charge is -2.37. The molecule has 4 rings (SSSR count). The third-order valence-electron chi connectivity index (χ3n) is 4.72. The summed E-state index contributed by atoms with van der Waals surface area (Å²) in [6, 6.07) is 6.99. The molecule has 9 heteroatoms. The second-order valence-corrected chi connectivity index (χ2v) is 7.23. The number of hydrogen-bond donors (Lipinski definition) is 0. The Labute approximate surface area is 160 Å². The minimum absolute atomic E-state index is 0.0884. The molecule has 0 bridgehead atoms. The maximum Gasteiger partial charge on any atom is 0.269 e. The zero-order valence-electron chi connectivity index (χ0n) is 14.9. The fourth-order valence-electron chi connectivity index (χ4n) is 3.43. The van der Waals surface area contributed by atoms with Crippen LogP contribution in [0.15, 0.2) is 36.0 Å². The number of ether oxygens (including phenoxy) is 1. The Kier molecular flexibility index (Phi) is 4.87. The molecule has 2 aromatic heterocycles. The number of aromatic nitrogens is 2. The van der Waals surface area contributed by atoms with E-state index in [4.69, 9.17) is 4.74 Å². The Morgan fingerprint density at radius 2 is 1.96 bits per heavy atom. The van der Waals surface area contributed by atoms with E-state index >= 15 is 0 Å².